The number of piperazine rings is 1. The Morgan fingerprint density at radius 3 is 2.58 bits per heavy atom. The van der Waals surface area contributed by atoms with E-state index in [0.29, 0.717) is 35.9 Å². The smallest absolute Gasteiger partial charge is 0.254 e. The molecule has 1 aromatic rings. The predicted molar refractivity (Wildman–Crippen MR) is 94.3 cm³/mol. The highest BCUT2D eigenvalue weighted by atomic mass is 19.2. The third-order valence-electron chi connectivity index (χ3n) is 6.47. The van der Waals surface area contributed by atoms with Gasteiger partial charge in [-0.1, -0.05) is 0 Å². The van der Waals surface area contributed by atoms with Gasteiger partial charge in [-0.2, -0.15) is 0 Å². The second kappa shape index (κ2) is 6.16. The summed E-state index contributed by atoms with van der Waals surface area (Å²) in [6.07, 6.45) is 4.00. The highest BCUT2D eigenvalue weighted by Gasteiger charge is 2.41. The Morgan fingerprint density at radius 1 is 1.08 bits per heavy atom. The van der Waals surface area contributed by atoms with E-state index in [0.717, 1.165) is 51.4 Å². The van der Waals surface area contributed by atoms with Gasteiger partial charge in [0.25, 0.3) is 5.91 Å². The van der Waals surface area contributed by atoms with E-state index in [1.54, 1.807) is 4.90 Å². The minimum Gasteiger partial charge on any atom is -0.363 e. The SMILES string of the molecule is O=C1c2cc(F)c(F)c(N3CC4CCC3CN4)c2CN1C1CCCNC1. The van der Waals surface area contributed by atoms with Crippen LogP contribution in [0.25, 0.3) is 0 Å². The first-order valence-electron chi connectivity index (χ1n) is 9.66. The Bertz CT molecular complexity index is 742. The molecule has 0 aliphatic carbocycles. The van der Waals surface area contributed by atoms with Crippen LogP contribution in [0.2, 0.25) is 0 Å². The van der Waals surface area contributed by atoms with Crippen LogP contribution >= 0.6 is 0 Å². The van der Waals surface area contributed by atoms with Crippen molar-refractivity contribution in [2.24, 2.45) is 0 Å². The van der Waals surface area contributed by atoms with Gasteiger partial charge in [0.05, 0.1) is 5.69 Å². The van der Waals surface area contributed by atoms with Gasteiger partial charge in [-0.3, -0.25) is 4.79 Å². The number of hydrogen-bond donors (Lipinski definition) is 2. The van der Waals surface area contributed by atoms with E-state index in [1.807, 2.05) is 4.90 Å². The summed E-state index contributed by atoms with van der Waals surface area (Å²) in [5.74, 6) is -1.87. The number of rotatable bonds is 2. The lowest BCUT2D eigenvalue weighted by Crippen LogP contribution is -2.61. The van der Waals surface area contributed by atoms with Crippen molar-refractivity contribution in [3.63, 3.8) is 0 Å². The Morgan fingerprint density at radius 2 is 1.92 bits per heavy atom. The Balaban J connectivity index is 1.54. The average Bonchev–Trinajstić information content (AvgIpc) is 3.00. The lowest BCUT2D eigenvalue weighted by molar-refractivity contribution is 0.0674. The number of hydrogen-bond acceptors (Lipinski definition) is 4. The van der Waals surface area contributed by atoms with E-state index in [9.17, 15) is 13.6 Å². The summed E-state index contributed by atoms with van der Waals surface area (Å²) in [7, 11) is 0. The van der Waals surface area contributed by atoms with Crippen LogP contribution in [0.3, 0.4) is 0 Å². The van der Waals surface area contributed by atoms with Gasteiger partial charge in [0.15, 0.2) is 11.6 Å². The number of halogens is 2. The van der Waals surface area contributed by atoms with Crippen molar-refractivity contribution < 1.29 is 13.6 Å². The van der Waals surface area contributed by atoms with Gasteiger partial charge in [0.1, 0.15) is 0 Å². The monoisotopic (exact) mass is 362 g/mol. The zero-order valence-electron chi connectivity index (χ0n) is 14.7. The molecule has 2 bridgehead atoms. The molecule has 3 atom stereocenters. The predicted octanol–water partition coefficient (Wildman–Crippen LogP) is 1.61. The molecule has 5 aliphatic heterocycles. The van der Waals surface area contributed by atoms with Crippen molar-refractivity contribution in [3.05, 3.63) is 28.8 Å². The van der Waals surface area contributed by atoms with Gasteiger partial charge in [-0.05, 0) is 38.3 Å². The molecular weight excluding hydrogens is 338 g/mol. The molecule has 6 rings (SSSR count). The van der Waals surface area contributed by atoms with Crippen LogP contribution in [0.1, 0.15) is 41.6 Å². The highest BCUT2D eigenvalue weighted by molar-refractivity contribution is 6.00. The number of nitrogens with one attached hydrogen (secondary N) is 2. The number of nitrogens with zero attached hydrogens (tertiary/aromatic N) is 2. The fraction of sp³-hybridized carbons (Fsp3) is 0.632. The van der Waals surface area contributed by atoms with Gasteiger partial charge in [-0.25, -0.2) is 8.78 Å². The number of anilines is 1. The van der Waals surface area contributed by atoms with Gasteiger partial charge in [-0.15, -0.1) is 0 Å². The summed E-state index contributed by atoms with van der Waals surface area (Å²) < 4.78 is 29.3. The van der Waals surface area contributed by atoms with E-state index in [1.165, 1.54) is 0 Å². The zero-order chi connectivity index (χ0) is 17.8. The van der Waals surface area contributed by atoms with Crippen LogP contribution < -0.4 is 15.5 Å². The van der Waals surface area contributed by atoms with Crippen LogP contribution in [-0.4, -0.2) is 55.1 Å². The first kappa shape index (κ1) is 16.4. The third-order valence-corrected chi connectivity index (χ3v) is 6.47. The molecule has 3 unspecified atom stereocenters. The minimum absolute atomic E-state index is 0.0992. The second-order valence-electron chi connectivity index (χ2n) is 7.97. The quantitative estimate of drug-likeness (QED) is 0.839. The molecule has 7 heteroatoms. The molecule has 4 saturated heterocycles. The number of amides is 1. The molecule has 5 aliphatic rings. The molecule has 1 amide bonds. The second-order valence-corrected chi connectivity index (χ2v) is 7.97. The maximum absolute atomic E-state index is 14.9. The van der Waals surface area contributed by atoms with Gasteiger partial charge >= 0.3 is 0 Å². The van der Waals surface area contributed by atoms with Crippen LogP contribution in [0.4, 0.5) is 14.5 Å². The first-order valence-corrected chi connectivity index (χ1v) is 9.66. The maximum atomic E-state index is 14.9. The molecule has 4 fully saturated rings. The number of benzene rings is 1. The molecule has 0 aromatic heterocycles. The van der Waals surface area contributed by atoms with E-state index in [2.05, 4.69) is 10.6 Å². The van der Waals surface area contributed by atoms with E-state index in [-0.39, 0.29) is 18.0 Å². The molecular formula is C19H24F2N4O. The van der Waals surface area contributed by atoms with Crippen molar-refractivity contribution in [3.8, 4) is 0 Å². The van der Waals surface area contributed by atoms with Crippen molar-refractivity contribution in [2.45, 2.75) is 50.4 Å². The fourth-order valence-corrected chi connectivity index (χ4v) is 5.07. The van der Waals surface area contributed by atoms with Crippen molar-refractivity contribution in [1.29, 1.82) is 0 Å². The van der Waals surface area contributed by atoms with Gasteiger partial charge in [0, 0.05) is 55.4 Å². The number of piperidine rings is 3. The maximum Gasteiger partial charge on any atom is 0.254 e. The van der Waals surface area contributed by atoms with E-state index < -0.39 is 11.6 Å². The molecule has 5 heterocycles. The first-order chi connectivity index (χ1) is 12.6. The number of carbonyl (C=O) groups is 1. The lowest BCUT2D eigenvalue weighted by atomic mass is 9.91. The molecule has 1 aromatic carbocycles. The third kappa shape index (κ3) is 2.44. The minimum atomic E-state index is -0.912. The molecule has 0 radical (unpaired) electrons. The fourth-order valence-electron chi connectivity index (χ4n) is 5.07. The van der Waals surface area contributed by atoms with Crippen molar-refractivity contribution >= 4 is 11.6 Å². The van der Waals surface area contributed by atoms with Gasteiger partial charge < -0.3 is 20.4 Å². The average molecular weight is 362 g/mol. The van der Waals surface area contributed by atoms with E-state index >= 15 is 0 Å². The molecule has 26 heavy (non-hydrogen) atoms. The number of carbonyl (C=O) groups excluding carboxylic acids is 1. The summed E-state index contributed by atoms with van der Waals surface area (Å²) in [6, 6.07) is 1.68. The largest absolute Gasteiger partial charge is 0.363 e. The van der Waals surface area contributed by atoms with Crippen LogP contribution in [0.5, 0.6) is 0 Å². The number of fused-ring (bicyclic) bond motifs is 4. The van der Waals surface area contributed by atoms with Crippen LogP contribution in [0, 0.1) is 11.6 Å². The molecule has 140 valence electrons. The summed E-state index contributed by atoms with van der Waals surface area (Å²) >= 11 is 0. The normalized spacial score (nSPS) is 30.8. The zero-order valence-corrected chi connectivity index (χ0v) is 14.7. The van der Waals surface area contributed by atoms with E-state index in [4.69, 9.17) is 0 Å². The van der Waals surface area contributed by atoms with Crippen molar-refractivity contribution in [1.82, 2.24) is 15.5 Å². The van der Waals surface area contributed by atoms with Crippen LogP contribution in [-0.2, 0) is 6.54 Å². The summed E-state index contributed by atoms with van der Waals surface area (Å²) in [6.45, 7) is 3.56. The standard InChI is InChI=1S/C19H24F2N4O/c20-16-6-14-15(10-25(19(14)26)12-2-1-5-22-7-12)18(17(16)21)24-9-11-3-4-13(24)8-23-11/h6,11-13,22-23H,1-5,7-10H2. The Kier molecular flexibility index (Phi) is 3.90. The van der Waals surface area contributed by atoms with Crippen molar-refractivity contribution in [2.75, 3.05) is 31.1 Å². The molecule has 2 N–H and O–H groups in total. The molecule has 0 spiro atoms. The van der Waals surface area contributed by atoms with Crippen LogP contribution in [0.15, 0.2) is 6.07 Å². The highest BCUT2D eigenvalue weighted by Crippen LogP contribution is 2.40. The molecule has 0 saturated carbocycles. The summed E-state index contributed by atoms with van der Waals surface area (Å²) in [5, 5.41) is 6.77. The Labute approximate surface area is 151 Å². The lowest BCUT2D eigenvalue weighted by Gasteiger charge is -2.47. The molecule has 5 nitrogen and oxygen atoms in total. The summed E-state index contributed by atoms with van der Waals surface area (Å²) in [5.41, 5.74) is 1.35. The topological polar surface area (TPSA) is 47.6 Å². The van der Waals surface area contributed by atoms with Gasteiger partial charge in [0.2, 0.25) is 0 Å². The Hall–Kier alpha value is -1.73. The summed E-state index contributed by atoms with van der Waals surface area (Å²) in [4.78, 5) is 16.7.